The summed E-state index contributed by atoms with van der Waals surface area (Å²) in [4.78, 5) is 31.1. The lowest BCUT2D eigenvalue weighted by Crippen LogP contribution is -2.49. The summed E-state index contributed by atoms with van der Waals surface area (Å²) < 4.78 is 55.0. The summed E-state index contributed by atoms with van der Waals surface area (Å²) in [6.07, 6.45) is -3.44. The van der Waals surface area contributed by atoms with Crippen LogP contribution < -0.4 is 4.74 Å². The van der Waals surface area contributed by atoms with E-state index in [1.807, 2.05) is 24.3 Å². The summed E-state index contributed by atoms with van der Waals surface area (Å²) in [5, 5.41) is 21.4. The Morgan fingerprint density at radius 3 is 2.57 bits per heavy atom. The minimum atomic E-state index is -4.68. The minimum Gasteiger partial charge on any atom is -0.457 e. The van der Waals surface area contributed by atoms with Crippen molar-refractivity contribution < 1.29 is 37.2 Å². The Kier molecular flexibility index (Phi) is 12.1. The second kappa shape index (κ2) is 15.9. The van der Waals surface area contributed by atoms with Crippen LogP contribution in [0.25, 0.3) is 0 Å². The third kappa shape index (κ3) is 10.0. The van der Waals surface area contributed by atoms with Crippen LogP contribution in [0.15, 0.2) is 77.0 Å². The highest BCUT2D eigenvalue weighted by Gasteiger charge is 2.62. The van der Waals surface area contributed by atoms with Crippen LogP contribution >= 0.6 is 34.5 Å². The number of thiazole rings is 1. The van der Waals surface area contributed by atoms with Crippen LogP contribution in [0.1, 0.15) is 30.4 Å². The Morgan fingerprint density at radius 2 is 1.96 bits per heavy atom. The first kappa shape index (κ1) is 37.4. The molecule has 1 saturated carbocycles. The number of hydrogen-bond donors (Lipinski definition) is 0. The largest absolute Gasteiger partial charge is 0.457 e. The van der Waals surface area contributed by atoms with E-state index in [1.165, 1.54) is 11.3 Å². The van der Waals surface area contributed by atoms with Crippen molar-refractivity contribution in [1.29, 1.82) is 5.26 Å². The second-order valence-electron chi connectivity index (χ2n) is 11.3. The third-order valence-corrected chi connectivity index (χ3v) is 8.89. The van der Waals surface area contributed by atoms with Crippen LogP contribution in [0.3, 0.4) is 0 Å². The molecule has 3 atom stereocenters. The molecule has 18 heteroatoms. The third-order valence-electron chi connectivity index (χ3n) is 7.45. The van der Waals surface area contributed by atoms with Gasteiger partial charge in [0.2, 0.25) is 6.10 Å². The smallest absolute Gasteiger partial charge is 0.426 e. The van der Waals surface area contributed by atoms with E-state index in [2.05, 4.69) is 10.1 Å². The van der Waals surface area contributed by atoms with E-state index in [9.17, 15) is 33.3 Å². The van der Waals surface area contributed by atoms with Gasteiger partial charge in [-0.3, -0.25) is 4.79 Å². The van der Waals surface area contributed by atoms with Gasteiger partial charge in [-0.05, 0) is 35.6 Å². The number of hydrogen-bond acceptors (Lipinski definition) is 9. The van der Waals surface area contributed by atoms with E-state index in [0.717, 1.165) is 11.0 Å². The van der Waals surface area contributed by atoms with Crippen LogP contribution in [-0.2, 0) is 20.8 Å². The quantitative estimate of drug-likeness (QED) is 0.122. The molecule has 0 radical (unpaired) electrons. The number of para-hydroxylation sites is 1. The topological polar surface area (TPSA) is 143 Å². The lowest BCUT2D eigenvalue weighted by Gasteiger charge is -2.34. The summed E-state index contributed by atoms with van der Waals surface area (Å²) in [7, 11) is 1.67. The fourth-order valence-electron chi connectivity index (χ4n) is 4.93. The predicted molar refractivity (Wildman–Crippen MR) is 174 cm³/mol. The summed E-state index contributed by atoms with van der Waals surface area (Å²) in [5.74, 6) is -1.01. The van der Waals surface area contributed by atoms with Gasteiger partial charge < -0.3 is 24.0 Å². The number of ether oxygens (including phenoxy) is 3. The fourth-order valence-corrected chi connectivity index (χ4v) is 6.06. The van der Waals surface area contributed by atoms with Gasteiger partial charge in [0.25, 0.3) is 5.96 Å². The fraction of sp³-hybridized carbons (Fsp3) is 0.355. The molecule has 1 aromatic heterocycles. The first-order valence-electron chi connectivity index (χ1n) is 14.3. The molecule has 0 amide bonds. The van der Waals surface area contributed by atoms with Gasteiger partial charge >= 0.3 is 12.1 Å². The van der Waals surface area contributed by atoms with Crippen LogP contribution in [0, 0.1) is 38.7 Å². The zero-order chi connectivity index (χ0) is 35.9. The van der Waals surface area contributed by atoms with Crippen molar-refractivity contribution in [3.8, 4) is 17.6 Å². The molecule has 5 rings (SSSR count). The molecule has 0 spiro atoms. The van der Waals surface area contributed by atoms with Crippen LogP contribution in [0.4, 0.5) is 13.2 Å². The number of nitriles is 1. The Bertz CT molecular complexity index is 1750. The van der Waals surface area contributed by atoms with Gasteiger partial charge in [-0.1, -0.05) is 73.5 Å². The number of allylic oxidation sites excluding steroid dienone is 2. The highest BCUT2D eigenvalue weighted by Crippen LogP contribution is 2.60. The molecule has 1 aliphatic heterocycles. The van der Waals surface area contributed by atoms with Gasteiger partial charge in [-0.15, -0.1) is 11.3 Å². The van der Waals surface area contributed by atoms with E-state index in [0.29, 0.717) is 28.1 Å². The number of alkyl halides is 3. The van der Waals surface area contributed by atoms with E-state index < -0.39 is 45.6 Å². The number of nitrogens with zero attached hydrogens (tertiary/aromatic N) is 6. The van der Waals surface area contributed by atoms with Crippen molar-refractivity contribution in [2.45, 2.75) is 32.7 Å². The number of benzene rings is 2. The minimum absolute atomic E-state index is 0.243. The van der Waals surface area contributed by atoms with Crippen LogP contribution in [0.2, 0.25) is 4.47 Å². The Balaban J connectivity index is 0.000000254. The highest BCUT2D eigenvalue weighted by molar-refractivity contribution is 7.15. The Hall–Kier alpha value is -4.43. The van der Waals surface area contributed by atoms with Crippen molar-refractivity contribution in [3.63, 3.8) is 0 Å². The van der Waals surface area contributed by atoms with E-state index in [4.69, 9.17) is 37.4 Å². The zero-order valence-corrected chi connectivity index (χ0v) is 28.5. The number of aromatic nitrogens is 1. The van der Waals surface area contributed by atoms with Crippen molar-refractivity contribution in [3.05, 3.63) is 96.9 Å². The molecule has 2 heterocycles. The molecule has 2 fully saturated rings. The highest BCUT2D eigenvalue weighted by atomic mass is 35.5. The second-order valence-corrected chi connectivity index (χ2v) is 13.5. The number of guanidine groups is 1. The molecule has 49 heavy (non-hydrogen) atoms. The van der Waals surface area contributed by atoms with Crippen molar-refractivity contribution in [2.75, 3.05) is 20.5 Å². The summed E-state index contributed by atoms with van der Waals surface area (Å²) in [6, 6.07) is 17.4. The molecule has 260 valence electrons. The molecule has 3 aromatic rings. The van der Waals surface area contributed by atoms with Crippen molar-refractivity contribution in [2.24, 2.45) is 22.4 Å². The lowest BCUT2D eigenvalue weighted by atomic mass is 10.1. The number of rotatable bonds is 9. The molecular formula is C31H29Cl2F3N6O6S. The average molecular weight is 742 g/mol. The molecule has 0 N–H and O–H groups in total. The van der Waals surface area contributed by atoms with Gasteiger partial charge in [0.05, 0.1) is 12.5 Å². The van der Waals surface area contributed by atoms with Crippen LogP contribution in [-0.4, -0.2) is 58.4 Å². The first-order chi connectivity index (χ1) is 23.1. The maximum atomic E-state index is 12.7. The maximum Gasteiger partial charge on any atom is 0.426 e. The molecular weight excluding hydrogens is 712 g/mol. The van der Waals surface area contributed by atoms with E-state index >= 15 is 0 Å². The average Bonchev–Trinajstić information content (AvgIpc) is 3.33. The number of carbonyl (C=O) groups excluding carboxylic acids is 1. The maximum absolute atomic E-state index is 12.7. The molecule has 1 unspecified atom stereocenters. The Morgan fingerprint density at radius 1 is 1.27 bits per heavy atom. The van der Waals surface area contributed by atoms with Gasteiger partial charge in [0.1, 0.15) is 41.2 Å². The molecule has 1 aliphatic carbocycles. The number of esters is 1. The van der Waals surface area contributed by atoms with Gasteiger partial charge in [-0.25, -0.2) is 15.1 Å². The standard InChI is InChI=1S/C23H19ClF3NO3.C8H10ClN5O3S/c1-22(2)17(12-19(24)23(25,26)27)20(22)21(29)31-18(13-28)14-7-6-10-16(11-14)30-15-8-4-3-5-9-15;1-12-4-17-5-13(8(12)11-14(15)16)3-6-2-10-7(9)18-6/h3-12,17-18,20H,1-2H3;2H,3-5H2,1H3/b19-12-;11-8+/t17-,18?,20-;/m0./s1. The predicted octanol–water partition coefficient (Wildman–Crippen LogP) is 7.57. The monoisotopic (exact) mass is 740 g/mol. The normalized spacial score (nSPS) is 20.1. The van der Waals surface area contributed by atoms with E-state index in [1.54, 1.807) is 73.3 Å². The number of hydrazone groups is 1. The molecule has 0 bridgehead atoms. The lowest BCUT2D eigenvalue weighted by molar-refractivity contribution is -0.486. The van der Waals surface area contributed by atoms with Crippen molar-refractivity contribution >= 4 is 46.5 Å². The molecule has 2 aliphatic rings. The summed E-state index contributed by atoms with van der Waals surface area (Å²) in [5.41, 5.74) is -0.371. The SMILES string of the molecule is CC1(C)[C@H](C(=O)OC(C#N)c2cccc(Oc3ccccc3)c2)[C@@H]1/C=C(\Cl)C(F)(F)F.CN1COCN(Cc2cnc(Cl)s2)/C1=N/[N+](=O)[O-]. The molecule has 2 aromatic carbocycles. The van der Waals surface area contributed by atoms with Crippen molar-refractivity contribution in [1.82, 2.24) is 14.8 Å². The number of carbonyl (C=O) groups is 1. The summed E-state index contributed by atoms with van der Waals surface area (Å²) >= 11 is 12.4. The first-order valence-corrected chi connectivity index (χ1v) is 15.9. The van der Waals surface area contributed by atoms with E-state index in [-0.39, 0.29) is 19.4 Å². The molecule has 1 saturated heterocycles. The number of halogens is 5. The molecule has 12 nitrogen and oxygen atoms in total. The van der Waals surface area contributed by atoms with Gasteiger partial charge in [0.15, 0.2) is 9.50 Å². The van der Waals surface area contributed by atoms with Gasteiger partial charge in [-0.2, -0.15) is 18.4 Å². The Labute approximate surface area is 293 Å². The van der Waals surface area contributed by atoms with Crippen LogP contribution in [0.5, 0.6) is 11.5 Å². The zero-order valence-electron chi connectivity index (χ0n) is 26.1. The van der Waals surface area contributed by atoms with Gasteiger partial charge in [0, 0.05) is 23.7 Å². The summed E-state index contributed by atoms with van der Waals surface area (Å²) in [6.45, 7) is 4.23. The number of nitro groups is 1.